The van der Waals surface area contributed by atoms with Crippen LogP contribution in [-0.2, 0) is 21.1 Å². The van der Waals surface area contributed by atoms with Crippen molar-refractivity contribution >= 4 is 9.84 Å². The first-order valence-corrected chi connectivity index (χ1v) is 7.06. The van der Waals surface area contributed by atoms with Crippen LogP contribution in [0.1, 0.15) is 5.56 Å². The second-order valence-corrected chi connectivity index (χ2v) is 5.95. The first-order chi connectivity index (χ1) is 8.74. The molecule has 0 radical (unpaired) electrons. The highest BCUT2D eigenvalue weighted by Crippen LogP contribution is 2.16. The van der Waals surface area contributed by atoms with E-state index in [1.165, 1.54) is 18.2 Å². The van der Waals surface area contributed by atoms with E-state index in [1.54, 1.807) is 6.07 Å². The third-order valence-electron chi connectivity index (χ3n) is 2.26. The lowest BCUT2D eigenvalue weighted by molar-refractivity contribution is -0.172. The molecule has 0 bridgehead atoms. The standard InChI is InChI=1S/C11H14F3NO3S/c12-11(13,14)8-18-4-5-19(16,17)10-3-1-2-9(6-10)7-15/h1-3,6H,4-5,7-8,15H2. The predicted molar refractivity (Wildman–Crippen MR) is 63.3 cm³/mol. The van der Waals surface area contributed by atoms with Gasteiger partial charge < -0.3 is 10.5 Å². The van der Waals surface area contributed by atoms with Crippen molar-refractivity contribution in [3.05, 3.63) is 29.8 Å². The Morgan fingerprint density at radius 2 is 1.95 bits per heavy atom. The molecule has 108 valence electrons. The van der Waals surface area contributed by atoms with Crippen LogP contribution in [0.3, 0.4) is 0 Å². The quantitative estimate of drug-likeness (QED) is 0.808. The van der Waals surface area contributed by atoms with E-state index < -0.39 is 35.0 Å². The Kier molecular flexibility index (Phi) is 5.33. The van der Waals surface area contributed by atoms with Crippen molar-refractivity contribution in [2.24, 2.45) is 5.73 Å². The van der Waals surface area contributed by atoms with Gasteiger partial charge in [0.1, 0.15) is 6.61 Å². The maximum atomic E-state index is 11.8. The minimum absolute atomic E-state index is 0.0334. The zero-order valence-electron chi connectivity index (χ0n) is 9.98. The number of nitrogens with two attached hydrogens (primary N) is 1. The number of halogens is 3. The molecule has 19 heavy (non-hydrogen) atoms. The summed E-state index contributed by atoms with van der Waals surface area (Å²) in [4.78, 5) is 0.0334. The molecule has 0 unspecified atom stereocenters. The van der Waals surface area contributed by atoms with Crippen molar-refractivity contribution in [1.29, 1.82) is 0 Å². The van der Waals surface area contributed by atoms with E-state index in [4.69, 9.17) is 5.73 Å². The Morgan fingerprint density at radius 3 is 2.53 bits per heavy atom. The summed E-state index contributed by atoms with van der Waals surface area (Å²) < 4.78 is 63.4. The van der Waals surface area contributed by atoms with Gasteiger partial charge in [-0.05, 0) is 17.7 Å². The predicted octanol–water partition coefficient (Wildman–Crippen LogP) is 1.50. The molecule has 0 heterocycles. The molecule has 4 nitrogen and oxygen atoms in total. The molecule has 0 saturated carbocycles. The summed E-state index contributed by atoms with van der Waals surface area (Å²) in [6.45, 7) is -1.77. The second kappa shape index (κ2) is 6.36. The van der Waals surface area contributed by atoms with Gasteiger partial charge in [-0.15, -0.1) is 0 Å². The SMILES string of the molecule is NCc1cccc(S(=O)(=O)CCOCC(F)(F)F)c1. The molecular weight excluding hydrogens is 283 g/mol. The van der Waals surface area contributed by atoms with Gasteiger partial charge in [-0.3, -0.25) is 0 Å². The zero-order valence-corrected chi connectivity index (χ0v) is 10.8. The molecule has 0 aliphatic rings. The average Bonchev–Trinajstić information content (AvgIpc) is 2.34. The molecule has 0 atom stereocenters. The molecule has 1 aromatic rings. The molecule has 0 aliphatic heterocycles. The van der Waals surface area contributed by atoms with Crippen LogP contribution in [0.5, 0.6) is 0 Å². The first kappa shape index (κ1) is 15.9. The van der Waals surface area contributed by atoms with Crippen LogP contribution in [0.15, 0.2) is 29.2 Å². The van der Waals surface area contributed by atoms with E-state index in [1.807, 2.05) is 0 Å². The summed E-state index contributed by atoms with van der Waals surface area (Å²) in [6.07, 6.45) is -4.46. The van der Waals surface area contributed by atoms with E-state index in [0.717, 1.165) is 0 Å². The highest BCUT2D eigenvalue weighted by molar-refractivity contribution is 7.91. The van der Waals surface area contributed by atoms with Gasteiger partial charge in [-0.2, -0.15) is 13.2 Å². The molecule has 0 fully saturated rings. The fraction of sp³-hybridized carbons (Fsp3) is 0.455. The van der Waals surface area contributed by atoms with Gasteiger partial charge in [-0.25, -0.2) is 8.42 Å². The van der Waals surface area contributed by atoms with Gasteiger partial charge in [0, 0.05) is 6.54 Å². The van der Waals surface area contributed by atoms with Gasteiger partial charge in [0.15, 0.2) is 9.84 Å². The Labute approximate surface area is 109 Å². The maximum absolute atomic E-state index is 11.8. The van der Waals surface area contributed by atoms with Crippen LogP contribution in [-0.4, -0.2) is 33.6 Å². The Bertz CT molecular complexity index is 514. The van der Waals surface area contributed by atoms with Gasteiger partial charge in [0.05, 0.1) is 17.3 Å². The summed E-state index contributed by atoms with van der Waals surface area (Å²) in [5.74, 6) is -0.503. The summed E-state index contributed by atoms with van der Waals surface area (Å²) in [6, 6.07) is 5.97. The van der Waals surface area contributed by atoms with Gasteiger partial charge >= 0.3 is 6.18 Å². The molecule has 0 amide bonds. The summed E-state index contributed by atoms with van der Waals surface area (Å²) in [5, 5.41) is 0. The lowest BCUT2D eigenvalue weighted by Gasteiger charge is -2.08. The molecule has 2 N–H and O–H groups in total. The fourth-order valence-electron chi connectivity index (χ4n) is 1.34. The first-order valence-electron chi connectivity index (χ1n) is 5.41. The summed E-state index contributed by atoms with van der Waals surface area (Å²) in [7, 11) is -3.66. The zero-order chi connectivity index (χ0) is 14.5. The normalized spacial score (nSPS) is 12.6. The van der Waals surface area contributed by atoms with Crippen molar-refractivity contribution in [2.45, 2.75) is 17.6 Å². The fourth-order valence-corrected chi connectivity index (χ4v) is 2.53. The minimum Gasteiger partial charge on any atom is -0.371 e. The molecular formula is C11H14F3NO3S. The van der Waals surface area contributed by atoms with Crippen LogP contribution >= 0.6 is 0 Å². The molecule has 0 aliphatic carbocycles. The molecule has 1 rings (SSSR count). The van der Waals surface area contributed by atoms with Crippen molar-refractivity contribution < 1.29 is 26.3 Å². The number of rotatable bonds is 6. The van der Waals surface area contributed by atoms with Gasteiger partial charge in [0.2, 0.25) is 0 Å². The number of sulfone groups is 1. The number of benzene rings is 1. The topological polar surface area (TPSA) is 69.4 Å². The lowest BCUT2D eigenvalue weighted by Crippen LogP contribution is -2.20. The number of hydrogen-bond donors (Lipinski definition) is 1. The van der Waals surface area contributed by atoms with Crippen molar-refractivity contribution in [2.75, 3.05) is 19.0 Å². The van der Waals surface area contributed by atoms with Crippen LogP contribution in [0, 0.1) is 0 Å². The lowest BCUT2D eigenvalue weighted by atomic mass is 10.2. The summed E-state index contributed by atoms with van der Waals surface area (Å²) >= 11 is 0. The van der Waals surface area contributed by atoms with Crippen LogP contribution in [0.2, 0.25) is 0 Å². The second-order valence-electron chi connectivity index (χ2n) is 3.84. The van der Waals surface area contributed by atoms with Crippen LogP contribution < -0.4 is 5.73 Å². The Morgan fingerprint density at radius 1 is 1.26 bits per heavy atom. The van der Waals surface area contributed by atoms with E-state index in [2.05, 4.69) is 4.74 Å². The largest absolute Gasteiger partial charge is 0.411 e. The Hall–Kier alpha value is -1.12. The molecule has 0 aromatic heterocycles. The number of ether oxygens (including phenoxy) is 1. The van der Waals surface area contributed by atoms with Crippen molar-refractivity contribution in [3.8, 4) is 0 Å². The monoisotopic (exact) mass is 297 g/mol. The maximum Gasteiger partial charge on any atom is 0.411 e. The van der Waals surface area contributed by atoms with Crippen molar-refractivity contribution in [1.82, 2.24) is 0 Å². The van der Waals surface area contributed by atoms with Gasteiger partial charge in [0.25, 0.3) is 0 Å². The number of alkyl halides is 3. The molecule has 0 spiro atoms. The molecule has 1 aromatic carbocycles. The highest BCUT2D eigenvalue weighted by Gasteiger charge is 2.27. The van der Waals surface area contributed by atoms with E-state index in [-0.39, 0.29) is 11.4 Å². The third-order valence-corrected chi connectivity index (χ3v) is 3.93. The van der Waals surface area contributed by atoms with Crippen LogP contribution in [0.4, 0.5) is 13.2 Å². The van der Waals surface area contributed by atoms with Crippen molar-refractivity contribution in [3.63, 3.8) is 0 Å². The Balaban J connectivity index is 2.61. The van der Waals surface area contributed by atoms with Gasteiger partial charge in [-0.1, -0.05) is 12.1 Å². The van der Waals surface area contributed by atoms with E-state index >= 15 is 0 Å². The highest BCUT2D eigenvalue weighted by atomic mass is 32.2. The summed E-state index contributed by atoms with van der Waals surface area (Å²) in [5.41, 5.74) is 6.02. The third kappa shape index (κ3) is 5.58. The number of hydrogen-bond acceptors (Lipinski definition) is 4. The molecule has 8 heteroatoms. The minimum atomic E-state index is -4.46. The van der Waals surface area contributed by atoms with E-state index in [0.29, 0.717) is 5.56 Å². The smallest absolute Gasteiger partial charge is 0.371 e. The average molecular weight is 297 g/mol. The van der Waals surface area contributed by atoms with Crippen LogP contribution in [0.25, 0.3) is 0 Å². The van der Waals surface area contributed by atoms with E-state index in [9.17, 15) is 21.6 Å². The molecule has 0 saturated heterocycles.